The third-order valence-corrected chi connectivity index (χ3v) is 2.85. The average molecular weight is 290 g/mol. The van der Waals surface area contributed by atoms with Gasteiger partial charge in [-0.15, -0.1) is 0 Å². The van der Waals surface area contributed by atoms with Crippen LogP contribution in [0.4, 0.5) is 10.5 Å². The Labute approximate surface area is 123 Å². The van der Waals surface area contributed by atoms with E-state index in [1.807, 2.05) is 0 Å². The molecule has 1 atom stereocenters. The molecule has 21 heavy (non-hydrogen) atoms. The summed E-state index contributed by atoms with van der Waals surface area (Å²) in [5.74, 6) is -0.788. The van der Waals surface area contributed by atoms with Crippen LogP contribution >= 0.6 is 0 Å². The molecule has 0 radical (unpaired) electrons. The summed E-state index contributed by atoms with van der Waals surface area (Å²) in [7, 11) is 0. The molecule has 1 unspecified atom stereocenters. The van der Waals surface area contributed by atoms with E-state index < -0.39 is 23.6 Å². The Balaban J connectivity index is 2.07. The fourth-order valence-corrected chi connectivity index (χ4v) is 2.04. The molecule has 1 aliphatic rings. The van der Waals surface area contributed by atoms with Crippen LogP contribution in [0.25, 0.3) is 0 Å². The van der Waals surface area contributed by atoms with Crippen molar-refractivity contribution < 1.29 is 19.1 Å². The molecule has 3 amide bonds. The van der Waals surface area contributed by atoms with Gasteiger partial charge in [0.15, 0.2) is 0 Å². The molecule has 1 N–H and O–H groups in total. The molecule has 1 fully saturated rings. The Bertz CT molecular complexity index is 563. The molecule has 2 rings (SSSR count). The van der Waals surface area contributed by atoms with Crippen LogP contribution in [0, 0.1) is 0 Å². The first-order chi connectivity index (χ1) is 9.78. The standard InChI is InChI=1S/C15H18N2O4/c1-15(2,3)21-14(20)16-11-9-12(18)17(13(11)19)10-7-5-4-6-8-10/h4-8,11H,9H2,1-3H3,(H,16,20). The van der Waals surface area contributed by atoms with E-state index in [2.05, 4.69) is 5.32 Å². The van der Waals surface area contributed by atoms with Gasteiger partial charge in [0.2, 0.25) is 5.91 Å². The fraction of sp³-hybridized carbons (Fsp3) is 0.400. The zero-order valence-electron chi connectivity index (χ0n) is 12.3. The smallest absolute Gasteiger partial charge is 0.408 e. The van der Waals surface area contributed by atoms with E-state index >= 15 is 0 Å². The molecule has 1 aromatic carbocycles. The number of nitrogens with zero attached hydrogens (tertiary/aromatic N) is 1. The lowest BCUT2D eigenvalue weighted by Crippen LogP contribution is -2.43. The fourth-order valence-electron chi connectivity index (χ4n) is 2.04. The normalized spacial score (nSPS) is 18.8. The van der Waals surface area contributed by atoms with Crippen LogP contribution < -0.4 is 10.2 Å². The summed E-state index contributed by atoms with van der Waals surface area (Å²) in [6, 6.07) is 7.74. The molecule has 6 nitrogen and oxygen atoms in total. The third-order valence-electron chi connectivity index (χ3n) is 2.85. The first-order valence-electron chi connectivity index (χ1n) is 6.69. The monoisotopic (exact) mass is 290 g/mol. The molecule has 0 aliphatic carbocycles. The highest BCUT2D eigenvalue weighted by Gasteiger charge is 2.40. The maximum Gasteiger partial charge on any atom is 0.408 e. The minimum Gasteiger partial charge on any atom is -0.444 e. The summed E-state index contributed by atoms with van der Waals surface area (Å²) in [4.78, 5) is 37.0. The molecule has 1 aliphatic heterocycles. The van der Waals surface area contributed by atoms with E-state index in [-0.39, 0.29) is 12.3 Å². The lowest BCUT2D eigenvalue weighted by molar-refractivity contribution is -0.121. The van der Waals surface area contributed by atoms with Gasteiger partial charge in [0.25, 0.3) is 5.91 Å². The first-order valence-corrected chi connectivity index (χ1v) is 6.69. The number of para-hydroxylation sites is 1. The number of hydrogen-bond donors (Lipinski definition) is 1. The molecule has 1 saturated heterocycles. The van der Waals surface area contributed by atoms with Gasteiger partial charge < -0.3 is 10.1 Å². The summed E-state index contributed by atoms with van der Waals surface area (Å²) in [5.41, 5.74) is -0.157. The lowest BCUT2D eigenvalue weighted by atomic mass is 10.2. The molecule has 112 valence electrons. The van der Waals surface area contributed by atoms with Crippen LogP contribution in [0.3, 0.4) is 0 Å². The van der Waals surface area contributed by atoms with E-state index in [0.29, 0.717) is 5.69 Å². The quantitative estimate of drug-likeness (QED) is 0.843. The lowest BCUT2D eigenvalue weighted by Gasteiger charge is -2.21. The van der Waals surface area contributed by atoms with Gasteiger partial charge in [0.05, 0.1) is 12.1 Å². The van der Waals surface area contributed by atoms with Gasteiger partial charge in [0.1, 0.15) is 11.6 Å². The molecule has 6 heteroatoms. The number of carbonyl (C=O) groups is 3. The van der Waals surface area contributed by atoms with Crippen LogP contribution in [0.1, 0.15) is 27.2 Å². The molecule has 0 bridgehead atoms. The summed E-state index contributed by atoms with van der Waals surface area (Å²) in [5, 5.41) is 2.44. The van der Waals surface area contributed by atoms with Crippen molar-refractivity contribution >= 4 is 23.6 Å². The third kappa shape index (κ3) is 3.59. The summed E-state index contributed by atoms with van der Waals surface area (Å²) < 4.78 is 5.09. The number of amides is 3. The van der Waals surface area contributed by atoms with Crippen LogP contribution in [-0.4, -0.2) is 29.6 Å². The van der Waals surface area contributed by atoms with Crippen LogP contribution in [0.15, 0.2) is 30.3 Å². The number of alkyl carbamates (subject to hydrolysis) is 1. The van der Waals surface area contributed by atoms with Gasteiger partial charge in [-0.05, 0) is 32.9 Å². The number of rotatable bonds is 2. The number of anilines is 1. The van der Waals surface area contributed by atoms with E-state index in [1.165, 1.54) is 0 Å². The van der Waals surface area contributed by atoms with E-state index in [9.17, 15) is 14.4 Å². The van der Waals surface area contributed by atoms with Crippen LogP contribution in [0.2, 0.25) is 0 Å². The van der Waals surface area contributed by atoms with Gasteiger partial charge in [-0.3, -0.25) is 9.59 Å². The molecule has 0 saturated carbocycles. The SMILES string of the molecule is CC(C)(C)OC(=O)NC1CC(=O)N(c2ccccc2)C1=O. The molecule has 1 heterocycles. The number of benzene rings is 1. The highest BCUT2D eigenvalue weighted by Crippen LogP contribution is 2.22. The summed E-state index contributed by atoms with van der Waals surface area (Å²) >= 11 is 0. The van der Waals surface area contributed by atoms with Crippen LogP contribution in [-0.2, 0) is 14.3 Å². The van der Waals surface area contributed by atoms with Crippen LogP contribution in [0.5, 0.6) is 0 Å². The summed E-state index contributed by atoms with van der Waals surface area (Å²) in [6.45, 7) is 5.18. The predicted molar refractivity (Wildman–Crippen MR) is 76.7 cm³/mol. The average Bonchev–Trinajstić information content (AvgIpc) is 2.63. The largest absolute Gasteiger partial charge is 0.444 e. The van der Waals surface area contributed by atoms with Crippen molar-refractivity contribution in [1.82, 2.24) is 5.32 Å². The number of imide groups is 1. The number of nitrogens with one attached hydrogen (secondary N) is 1. The predicted octanol–water partition coefficient (Wildman–Crippen LogP) is 1.84. The Morgan fingerprint density at radius 3 is 2.43 bits per heavy atom. The van der Waals surface area contributed by atoms with Gasteiger partial charge in [0, 0.05) is 0 Å². The second kappa shape index (κ2) is 5.55. The van der Waals surface area contributed by atoms with Gasteiger partial charge in [-0.2, -0.15) is 0 Å². The van der Waals surface area contributed by atoms with Crippen molar-refractivity contribution in [2.24, 2.45) is 0 Å². The maximum absolute atomic E-state index is 12.3. The minimum atomic E-state index is -0.882. The summed E-state index contributed by atoms with van der Waals surface area (Å²) in [6.07, 6.45) is -0.768. The maximum atomic E-state index is 12.3. The van der Waals surface area contributed by atoms with Crippen molar-refractivity contribution in [3.63, 3.8) is 0 Å². The van der Waals surface area contributed by atoms with Gasteiger partial charge in [-0.25, -0.2) is 9.69 Å². The Hall–Kier alpha value is -2.37. The van der Waals surface area contributed by atoms with Crippen molar-refractivity contribution in [3.05, 3.63) is 30.3 Å². The van der Waals surface area contributed by atoms with Gasteiger partial charge in [-0.1, -0.05) is 18.2 Å². The molecule has 0 aromatic heterocycles. The molecule has 0 spiro atoms. The molecule has 1 aromatic rings. The van der Waals surface area contributed by atoms with Crippen molar-refractivity contribution in [3.8, 4) is 0 Å². The Morgan fingerprint density at radius 2 is 1.86 bits per heavy atom. The number of hydrogen-bond acceptors (Lipinski definition) is 4. The van der Waals surface area contributed by atoms with Crippen molar-refractivity contribution in [2.45, 2.75) is 38.8 Å². The molecular weight excluding hydrogens is 272 g/mol. The van der Waals surface area contributed by atoms with E-state index in [1.54, 1.807) is 51.1 Å². The van der Waals surface area contributed by atoms with E-state index in [0.717, 1.165) is 4.90 Å². The van der Waals surface area contributed by atoms with E-state index in [4.69, 9.17) is 4.74 Å². The minimum absolute atomic E-state index is 0.0625. The number of carbonyl (C=O) groups excluding carboxylic acids is 3. The molecular formula is C15H18N2O4. The van der Waals surface area contributed by atoms with Crippen molar-refractivity contribution in [1.29, 1.82) is 0 Å². The van der Waals surface area contributed by atoms with Crippen molar-refractivity contribution in [2.75, 3.05) is 4.90 Å². The topological polar surface area (TPSA) is 75.7 Å². The zero-order valence-corrected chi connectivity index (χ0v) is 12.3. The zero-order chi connectivity index (χ0) is 15.6. The Kier molecular flexibility index (Phi) is 3.97. The first kappa shape index (κ1) is 15.0. The highest BCUT2D eigenvalue weighted by molar-refractivity contribution is 6.22. The number of ether oxygens (including phenoxy) is 1. The second-order valence-corrected chi connectivity index (χ2v) is 5.81. The van der Waals surface area contributed by atoms with Gasteiger partial charge >= 0.3 is 6.09 Å². The second-order valence-electron chi connectivity index (χ2n) is 5.81. The Morgan fingerprint density at radius 1 is 1.24 bits per heavy atom. The highest BCUT2D eigenvalue weighted by atomic mass is 16.6.